The first-order valence-electron chi connectivity index (χ1n) is 6.16. The normalized spacial score (nSPS) is 12.1. The summed E-state index contributed by atoms with van der Waals surface area (Å²) in [5.74, 6) is -0.532. The molecule has 0 radical (unpaired) electrons. The molecule has 0 rings (SSSR count). The molecular weight excluding hydrogens is 232 g/mol. The van der Waals surface area contributed by atoms with E-state index in [1.165, 1.54) is 13.8 Å². The second kappa shape index (κ2) is 10.6. The summed E-state index contributed by atoms with van der Waals surface area (Å²) in [6, 6.07) is 0. The van der Waals surface area contributed by atoms with Crippen molar-refractivity contribution in [3.05, 3.63) is 24.8 Å². The van der Waals surface area contributed by atoms with E-state index in [-0.39, 0.29) is 18.0 Å². The highest BCUT2D eigenvalue weighted by Crippen LogP contribution is 2.09. The lowest BCUT2D eigenvalue weighted by molar-refractivity contribution is -0.144. The third-order valence-corrected chi connectivity index (χ3v) is 2.22. The van der Waals surface area contributed by atoms with Crippen molar-refractivity contribution in [2.75, 3.05) is 6.61 Å². The van der Waals surface area contributed by atoms with Gasteiger partial charge in [0.25, 0.3) is 0 Å². The van der Waals surface area contributed by atoms with Gasteiger partial charge >= 0.3 is 11.9 Å². The molecule has 4 nitrogen and oxygen atoms in total. The number of hydrogen-bond donors (Lipinski definition) is 0. The van der Waals surface area contributed by atoms with E-state index in [1.807, 2.05) is 6.08 Å². The van der Waals surface area contributed by atoms with E-state index in [1.54, 1.807) is 12.2 Å². The number of ether oxygens (including phenoxy) is 2. The molecule has 0 aromatic heterocycles. The van der Waals surface area contributed by atoms with Gasteiger partial charge in [0.1, 0.15) is 6.10 Å². The summed E-state index contributed by atoms with van der Waals surface area (Å²) in [6.07, 6.45) is 8.49. The first kappa shape index (κ1) is 16.4. The van der Waals surface area contributed by atoms with Crippen LogP contribution in [-0.4, -0.2) is 24.6 Å². The first-order chi connectivity index (χ1) is 8.56. The number of rotatable bonds is 9. The predicted molar refractivity (Wildman–Crippen MR) is 70.0 cm³/mol. The summed E-state index contributed by atoms with van der Waals surface area (Å²) in [4.78, 5) is 21.4. The molecule has 0 spiro atoms. The number of esters is 2. The summed E-state index contributed by atoms with van der Waals surface area (Å²) in [5.41, 5.74) is 0. The van der Waals surface area contributed by atoms with Crippen LogP contribution in [0.4, 0.5) is 0 Å². The van der Waals surface area contributed by atoms with Crippen molar-refractivity contribution in [1.29, 1.82) is 0 Å². The minimum Gasteiger partial charge on any atom is -0.466 e. The van der Waals surface area contributed by atoms with E-state index in [4.69, 9.17) is 9.47 Å². The van der Waals surface area contributed by atoms with Crippen LogP contribution in [0.25, 0.3) is 0 Å². The van der Waals surface area contributed by atoms with Gasteiger partial charge in [-0.3, -0.25) is 9.59 Å². The van der Waals surface area contributed by atoms with Crippen LogP contribution in [0.3, 0.4) is 0 Å². The van der Waals surface area contributed by atoms with E-state index in [0.29, 0.717) is 6.61 Å². The Balaban J connectivity index is 3.75. The van der Waals surface area contributed by atoms with Gasteiger partial charge in [0.2, 0.25) is 0 Å². The average molecular weight is 254 g/mol. The number of hydrogen-bond acceptors (Lipinski definition) is 4. The molecule has 0 N–H and O–H groups in total. The van der Waals surface area contributed by atoms with E-state index < -0.39 is 0 Å². The number of carbonyl (C=O) groups excluding carboxylic acids is 2. The largest absolute Gasteiger partial charge is 0.466 e. The average Bonchev–Trinajstić information content (AvgIpc) is 2.29. The Labute approximate surface area is 109 Å². The lowest BCUT2D eigenvalue weighted by Crippen LogP contribution is -2.13. The summed E-state index contributed by atoms with van der Waals surface area (Å²) in [5, 5.41) is 0. The molecule has 0 aromatic rings. The fourth-order valence-electron chi connectivity index (χ4n) is 1.45. The molecule has 0 aliphatic carbocycles. The number of unbranched alkanes of at least 4 members (excludes halogenated alkanes) is 2. The van der Waals surface area contributed by atoms with Crippen molar-refractivity contribution in [3.8, 4) is 0 Å². The Hall–Kier alpha value is -1.58. The second-order valence-electron chi connectivity index (χ2n) is 3.96. The van der Waals surface area contributed by atoms with Crippen LogP contribution >= 0.6 is 0 Å². The molecule has 0 aliphatic rings. The quantitative estimate of drug-likeness (QED) is 0.360. The maximum atomic E-state index is 10.9. The van der Waals surface area contributed by atoms with Crippen molar-refractivity contribution >= 4 is 11.9 Å². The Morgan fingerprint density at radius 3 is 2.44 bits per heavy atom. The highest BCUT2D eigenvalue weighted by atomic mass is 16.5. The molecule has 0 amide bonds. The monoisotopic (exact) mass is 254 g/mol. The summed E-state index contributed by atoms with van der Waals surface area (Å²) in [7, 11) is 0. The zero-order chi connectivity index (χ0) is 13.8. The summed E-state index contributed by atoms with van der Waals surface area (Å²) in [6.45, 7) is 6.83. The SMILES string of the molecule is C=C/C=C/C(CCCCCOC(C)=O)OC(C)=O. The van der Waals surface area contributed by atoms with Crippen LogP contribution in [0.1, 0.15) is 39.5 Å². The molecular formula is C14H22O4. The molecule has 1 unspecified atom stereocenters. The fourth-order valence-corrected chi connectivity index (χ4v) is 1.45. The van der Waals surface area contributed by atoms with E-state index in [0.717, 1.165) is 25.7 Å². The molecule has 0 aromatic carbocycles. The van der Waals surface area contributed by atoms with Crippen molar-refractivity contribution in [2.24, 2.45) is 0 Å². The minimum absolute atomic E-state index is 0.200. The minimum atomic E-state index is -0.284. The van der Waals surface area contributed by atoms with Crippen LogP contribution in [0, 0.1) is 0 Å². The van der Waals surface area contributed by atoms with Crippen molar-refractivity contribution in [3.63, 3.8) is 0 Å². The predicted octanol–water partition coefficient (Wildman–Crippen LogP) is 2.78. The lowest BCUT2D eigenvalue weighted by Gasteiger charge is -2.12. The molecule has 0 saturated carbocycles. The topological polar surface area (TPSA) is 52.6 Å². The highest BCUT2D eigenvalue weighted by molar-refractivity contribution is 5.66. The van der Waals surface area contributed by atoms with Gasteiger partial charge in [-0.15, -0.1) is 0 Å². The smallest absolute Gasteiger partial charge is 0.303 e. The van der Waals surface area contributed by atoms with Gasteiger partial charge in [-0.1, -0.05) is 18.7 Å². The van der Waals surface area contributed by atoms with Gasteiger partial charge in [0, 0.05) is 13.8 Å². The van der Waals surface area contributed by atoms with Crippen LogP contribution in [0.2, 0.25) is 0 Å². The van der Waals surface area contributed by atoms with Gasteiger partial charge in [0.05, 0.1) is 6.61 Å². The van der Waals surface area contributed by atoms with Gasteiger partial charge in [-0.2, -0.15) is 0 Å². The molecule has 0 aliphatic heterocycles. The molecule has 102 valence electrons. The van der Waals surface area contributed by atoms with E-state index in [2.05, 4.69) is 6.58 Å². The molecule has 4 heteroatoms. The first-order valence-corrected chi connectivity index (χ1v) is 6.16. The Bertz CT molecular complexity index is 294. The Morgan fingerprint density at radius 1 is 1.17 bits per heavy atom. The molecule has 0 heterocycles. The maximum absolute atomic E-state index is 10.9. The Kier molecular flexibility index (Phi) is 9.64. The lowest BCUT2D eigenvalue weighted by atomic mass is 10.1. The standard InChI is InChI=1S/C14H22O4/c1-4-5-9-14(18-13(3)16)10-7-6-8-11-17-12(2)15/h4-5,9,14H,1,6-8,10-11H2,2-3H3/b9-5+. The van der Waals surface area contributed by atoms with Crippen LogP contribution in [0.5, 0.6) is 0 Å². The van der Waals surface area contributed by atoms with Gasteiger partial charge in [-0.05, 0) is 31.8 Å². The van der Waals surface area contributed by atoms with Crippen LogP contribution < -0.4 is 0 Å². The highest BCUT2D eigenvalue weighted by Gasteiger charge is 2.07. The molecule has 18 heavy (non-hydrogen) atoms. The third-order valence-electron chi connectivity index (χ3n) is 2.22. The summed E-state index contributed by atoms with van der Waals surface area (Å²) >= 11 is 0. The van der Waals surface area contributed by atoms with Gasteiger partial charge in [0.15, 0.2) is 0 Å². The van der Waals surface area contributed by atoms with Gasteiger partial charge in [-0.25, -0.2) is 0 Å². The Morgan fingerprint density at radius 2 is 1.89 bits per heavy atom. The van der Waals surface area contributed by atoms with Crippen molar-refractivity contribution in [1.82, 2.24) is 0 Å². The zero-order valence-electron chi connectivity index (χ0n) is 11.2. The number of allylic oxidation sites excluding steroid dienone is 2. The van der Waals surface area contributed by atoms with E-state index in [9.17, 15) is 9.59 Å². The second-order valence-corrected chi connectivity index (χ2v) is 3.96. The summed E-state index contributed by atoms with van der Waals surface area (Å²) < 4.78 is 9.97. The van der Waals surface area contributed by atoms with Crippen molar-refractivity contribution < 1.29 is 19.1 Å². The molecule has 0 saturated heterocycles. The zero-order valence-corrected chi connectivity index (χ0v) is 11.2. The van der Waals surface area contributed by atoms with E-state index >= 15 is 0 Å². The molecule has 0 bridgehead atoms. The maximum Gasteiger partial charge on any atom is 0.303 e. The third kappa shape index (κ3) is 10.9. The van der Waals surface area contributed by atoms with Crippen LogP contribution in [0.15, 0.2) is 24.8 Å². The van der Waals surface area contributed by atoms with Gasteiger partial charge < -0.3 is 9.47 Å². The fraction of sp³-hybridized carbons (Fsp3) is 0.571. The molecule has 1 atom stereocenters. The van der Waals surface area contributed by atoms with Crippen molar-refractivity contribution in [2.45, 2.75) is 45.6 Å². The van der Waals surface area contributed by atoms with Crippen LogP contribution in [-0.2, 0) is 19.1 Å². The molecule has 0 fully saturated rings. The number of carbonyl (C=O) groups is 2.